The van der Waals surface area contributed by atoms with Crippen molar-refractivity contribution in [1.82, 2.24) is 34.7 Å². The highest BCUT2D eigenvalue weighted by molar-refractivity contribution is 7.92. The number of anilines is 3. The molecule has 1 aliphatic carbocycles. The number of hydrogen-bond donors (Lipinski definition) is 4. The maximum absolute atomic E-state index is 12.6. The molecule has 0 radical (unpaired) electrons. The van der Waals surface area contributed by atoms with Gasteiger partial charge in [0.05, 0.1) is 10.3 Å². The van der Waals surface area contributed by atoms with Gasteiger partial charge in [-0.3, -0.25) is 0 Å². The van der Waals surface area contributed by atoms with Crippen LogP contribution in [0.5, 0.6) is 0 Å². The van der Waals surface area contributed by atoms with E-state index in [4.69, 9.17) is 21.7 Å². The molecule has 5 aromatic rings. The number of benzene rings is 1. The number of H-pyrrole nitrogens is 1. The zero-order valence-corrected chi connectivity index (χ0v) is 23.8. The number of nitrogens with zero attached hydrogens (tertiary/aromatic N) is 6. The Bertz CT molecular complexity index is 1990. The van der Waals surface area contributed by atoms with E-state index in [1.165, 1.54) is 30.9 Å². The minimum atomic E-state index is -3.85. The molecular formula is C26H24N10O4S2. The minimum absolute atomic E-state index is 0.0148. The molecule has 1 aromatic carbocycles. The minimum Gasteiger partial charge on any atom is -0.374 e. The lowest BCUT2D eigenvalue weighted by Crippen LogP contribution is -2.39. The molecule has 42 heavy (non-hydrogen) atoms. The average Bonchev–Trinajstić information content (AvgIpc) is 3.61. The zero-order chi connectivity index (χ0) is 29.3. The van der Waals surface area contributed by atoms with Crippen molar-refractivity contribution in [3.05, 3.63) is 71.9 Å². The number of ether oxygens (including phenoxy) is 2. The van der Waals surface area contributed by atoms with E-state index in [0.717, 1.165) is 16.0 Å². The van der Waals surface area contributed by atoms with Crippen LogP contribution in [0.3, 0.4) is 0 Å². The van der Waals surface area contributed by atoms with Crippen LogP contribution >= 0.6 is 12.2 Å². The van der Waals surface area contributed by atoms with Crippen LogP contribution in [0.15, 0.2) is 66.2 Å². The van der Waals surface area contributed by atoms with Crippen LogP contribution in [-0.4, -0.2) is 74.7 Å². The van der Waals surface area contributed by atoms with Gasteiger partial charge in [0, 0.05) is 55.1 Å². The van der Waals surface area contributed by atoms with E-state index in [-0.39, 0.29) is 28.2 Å². The van der Waals surface area contributed by atoms with Gasteiger partial charge in [-0.15, -0.1) is 5.10 Å². The fraction of sp³-hybridized carbons (Fsp3) is 0.154. The lowest BCUT2D eigenvalue weighted by Gasteiger charge is -2.20. The van der Waals surface area contributed by atoms with Crippen molar-refractivity contribution >= 4 is 68.0 Å². The molecule has 0 fully saturated rings. The van der Waals surface area contributed by atoms with E-state index in [1.54, 1.807) is 49.4 Å². The third-order valence-electron chi connectivity index (χ3n) is 6.43. The summed E-state index contributed by atoms with van der Waals surface area (Å²) in [4.78, 5) is 20.0. The molecule has 4 N–H and O–H groups in total. The van der Waals surface area contributed by atoms with Gasteiger partial charge in [0.15, 0.2) is 16.7 Å². The fourth-order valence-electron chi connectivity index (χ4n) is 4.48. The highest BCUT2D eigenvalue weighted by Gasteiger charge is 2.23. The molecule has 6 rings (SSSR count). The fourth-order valence-corrected chi connectivity index (χ4v) is 5.67. The van der Waals surface area contributed by atoms with Gasteiger partial charge in [0.2, 0.25) is 5.95 Å². The van der Waals surface area contributed by atoms with E-state index in [2.05, 4.69) is 45.4 Å². The molecule has 214 valence electrons. The third-order valence-corrected chi connectivity index (χ3v) is 7.98. The van der Waals surface area contributed by atoms with Crippen molar-refractivity contribution in [3.63, 3.8) is 0 Å². The molecular weight excluding hydrogens is 580 g/mol. The van der Waals surface area contributed by atoms with Crippen LogP contribution in [0.2, 0.25) is 0 Å². The second-order valence-electron chi connectivity index (χ2n) is 9.03. The Morgan fingerprint density at radius 2 is 1.71 bits per heavy atom. The number of fused-ring (bicyclic) bond motifs is 3. The van der Waals surface area contributed by atoms with Crippen molar-refractivity contribution in [2.24, 2.45) is 0 Å². The van der Waals surface area contributed by atoms with Crippen LogP contribution in [0.4, 0.5) is 17.5 Å². The molecule has 14 nitrogen and oxygen atoms in total. The van der Waals surface area contributed by atoms with Crippen molar-refractivity contribution < 1.29 is 17.9 Å². The van der Waals surface area contributed by atoms with E-state index in [9.17, 15) is 8.42 Å². The number of aromatic amines is 1. The molecule has 2 unspecified atom stereocenters. The van der Waals surface area contributed by atoms with Crippen LogP contribution < -0.4 is 25.9 Å². The molecule has 0 spiro atoms. The standard InChI is InChI=1S/C26H24N10O4S2/c1-39-19-12-17-18(13-20(19)40-2)32-23-22(17)24(30-14-29-23)36-11-8-21(34-36)33-26(41)31-15-4-6-16(7-5-15)42(37,38)35-25-27-9-3-10-28-25/h3-14,19-20H,1-2H3,(H,27,28,35)(H,29,30,32)(H2,31,33,34,41). The van der Waals surface area contributed by atoms with E-state index in [1.807, 2.05) is 12.2 Å². The maximum atomic E-state index is 12.6. The summed E-state index contributed by atoms with van der Waals surface area (Å²) in [5.74, 6) is 1.03. The van der Waals surface area contributed by atoms with Gasteiger partial charge < -0.3 is 25.1 Å². The zero-order valence-electron chi connectivity index (χ0n) is 22.2. The lowest BCUT2D eigenvalue weighted by atomic mass is 10.1. The number of methoxy groups -OCH3 is 2. The van der Waals surface area contributed by atoms with Gasteiger partial charge in [0.1, 0.15) is 24.2 Å². The molecule has 4 heterocycles. The smallest absolute Gasteiger partial charge is 0.264 e. The first-order valence-corrected chi connectivity index (χ1v) is 14.4. The Balaban J connectivity index is 1.17. The predicted octanol–water partition coefficient (Wildman–Crippen LogP) is 1.15. The van der Waals surface area contributed by atoms with Crippen LogP contribution in [0.1, 0.15) is 0 Å². The molecule has 0 saturated carbocycles. The first kappa shape index (κ1) is 27.4. The van der Waals surface area contributed by atoms with E-state index >= 15 is 0 Å². The number of nitrogens with one attached hydrogen (secondary N) is 4. The molecule has 0 saturated heterocycles. The molecule has 0 amide bonds. The van der Waals surface area contributed by atoms with Gasteiger partial charge in [0.25, 0.3) is 10.0 Å². The van der Waals surface area contributed by atoms with Gasteiger partial charge in [-0.25, -0.2) is 37.8 Å². The third kappa shape index (κ3) is 5.42. The van der Waals surface area contributed by atoms with E-state index < -0.39 is 10.0 Å². The maximum Gasteiger partial charge on any atom is 0.264 e. The number of thiocarbonyl (C=S) groups is 1. The van der Waals surface area contributed by atoms with E-state index in [0.29, 0.717) is 23.0 Å². The Hall–Kier alpha value is -4.77. The van der Waals surface area contributed by atoms with Crippen molar-refractivity contribution in [2.45, 2.75) is 17.1 Å². The van der Waals surface area contributed by atoms with Gasteiger partial charge in [-0.05, 0) is 54.7 Å². The van der Waals surface area contributed by atoms with Crippen molar-refractivity contribution in [1.29, 1.82) is 0 Å². The summed E-state index contributed by atoms with van der Waals surface area (Å²) < 4.78 is 40.3. The summed E-state index contributed by atoms with van der Waals surface area (Å²) in [6.07, 6.45) is 9.56. The predicted molar refractivity (Wildman–Crippen MR) is 160 cm³/mol. The summed E-state index contributed by atoms with van der Waals surface area (Å²) in [7, 11) is -0.580. The summed E-state index contributed by atoms with van der Waals surface area (Å²) >= 11 is 5.44. The first-order chi connectivity index (χ1) is 20.3. The summed E-state index contributed by atoms with van der Waals surface area (Å²) in [5, 5.41) is 13.5. The molecule has 4 aromatic heterocycles. The highest BCUT2D eigenvalue weighted by Crippen LogP contribution is 2.19. The monoisotopic (exact) mass is 604 g/mol. The molecule has 1 aliphatic rings. The molecule has 2 atom stereocenters. The largest absolute Gasteiger partial charge is 0.374 e. The topological polar surface area (TPSA) is 174 Å². The van der Waals surface area contributed by atoms with Gasteiger partial charge in [-0.1, -0.05) is 0 Å². The first-order valence-electron chi connectivity index (χ1n) is 12.5. The highest BCUT2D eigenvalue weighted by atomic mass is 32.2. The number of rotatable bonds is 8. The number of hydrogen-bond acceptors (Lipinski definition) is 10. The second kappa shape index (κ2) is 11.2. The Morgan fingerprint density at radius 1 is 0.976 bits per heavy atom. The summed E-state index contributed by atoms with van der Waals surface area (Å²) in [6, 6.07) is 9.42. The Labute approximate surface area is 244 Å². The number of aromatic nitrogens is 7. The quantitative estimate of drug-likeness (QED) is 0.186. The molecule has 0 aliphatic heterocycles. The van der Waals surface area contributed by atoms with Gasteiger partial charge in [-0.2, -0.15) is 0 Å². The van der Waals surface area contributed by atoms with Crippen LogP contribution in [0, 0.1) is 0 Å². The van der Waals surface area contributed by atoms with Crippen LogP contribution in [-0.2, 0) is 19.5 Å². The Kier molecular flexibility index (Phi) is 7.34. The molecule has 0 bridgehead atoms. The van der Waals surface area contributed by atoms with Crippen LogP contribution in [0.25, 0.3) is 29.0 Å². The summed E-state index contributed by atoms with van der Waals surface area (Å²) in [5.41, 5.74) is 1.23. The SMILES string of the molecule is COC1C=c2[nH]c3ncnc(-n4ccc(NC(=S)Nc5ccc(S(=O)(=O)Nc6ncccn6)cc5)n4)c3c2=CC1OC. The normalized spacial score (nSPS) is 16.2. The lowest BCUT2D eigenvalue weighted by molar-refractivity contribution is 0.0304. The second-order valence-corrected chi connectivity index (χ2v) is 11.1. The summed E-state index contributed by atoms with van der Waals surface area (Å²) in [6.45, 7) is 0. The Morgan fingerprint density at radius 3 is 2.45 bits per heavy atom. The van der Waals surface area contributed by atoms with Crippen molar-refractivity contribution in [3.8, 4) is 5.82 Å². The number of sulfonamides is 1. The molecule has 16 heteroatoms. The van der Waals surface area contributed by atoms with Crippen molar-refractivity contribution in [2.75, 3.05) is 29.6 Å². The average molecular weight is 605 g/mol. The van der Waals surface area contributed by atoms with Gasteiger partial charge >= 0.3 is 0 Å².